The van der Waals surface area contributed by atoms with E-state index in [4.69, 9.17) is 11.6 Å². The minimum absolute atomic E-state index is 0.0992. The number of aliphatic hydroxyl groups is 1. The molecule has 3 rings (SSSR count). The van der Waals surface area contributed by atoms with Crippen molar-refractivity contribution in [2.24, 2.45) is 0 Å². The second-order valence-electron chi connectivity index (χ2n) is 7.56. The monoisotopic (exact) mass is 454 g/mol. The van der Waals surface area contributed by atoms with Gasteiger partial charge in [-0.1, -0.05) is 31.2 Å². The molecule has 0 fully saturated rings. The Bertz CT molecular complexity index is 1150. The van der Waals surface area contributed by atoms with Gasteiger partial charge in [-0.15, -0.1) is 0 Å². The Hall–Kier alpha value is -3.29. The Morgan fingerprint density at radius 3 is 2.78 bits per heavy atom. The smallest absolute Gasteiger partial charge is 0.255 e. The molecule has 0 radical (unpaired) electrons. The predicted molar refractivity (Wildman–Crippen MR) is 125 cm³/mol. The fourth-order valence-electron chi connectivity index (χ4n) is 2.90. The van der Waals surface area contributed by atoms with Crippen molar-refractivity contribution in [1.82, 2.24) is 15.3 Å². The third-order valence-electron chi connectivity index (χ3n) is 5.09. The second kappa shape index (κ2) is 9.89. The molecule has 0 saturated carbocycles. The summed E-state index contributed by atoms with van der Waals surface area (Å²) in [6.07, 6.45) is 6.64. The number of nitrogens with one attached hydrogen (secondary N) is 2. The fourth-order valence-corrected chi connectivity index (χ4v) is 3.07. The highest BCUT2D eigenvalue weighted by Crippen LogP contribution is 2.30. The van der Waals surface area contributed by atoms with E-state index in [9.17, 15) is 14.3 Å². The number of amides is 1. The molecule has 2 aromatic heterocycles. The van der Waals surface area contributed by atoms with Gasteiger partial charge in [-0.3, -0.25) is 14.8 Å². The lowest BCUT2D eigenvalue weighted by molar-refractivity contribution is 0.0518. The lowest BCUT2D eigenvalue weighted by atomic mass is 10.0. The van der Waals surface area contributed by atoms with Gasteiger partial charge in [0, 0.05) is 47.0 Å². The molecule has 0 aliphatic carbocycles. The number of carbonyl (C=O) groups excluding carboxylic acids is 1. The van der Waals surface area contributed by atoms with Gasteiger partial charge in [-0.2, -0.15) is 0 Å². The van der Waals surface area contributed by atoms with Crippen molar-refractivity contribution < 1.29 is 14.3 Å². The molecule has 3 aromatic rings. The van der Waals surface area contributed by atoms with Crippen molar-refractivity contribution in [3.63, 3.8) is 0 Å². The predicted octanol–water partition coefficient (Wildman–Crippen LogP) is 5.21. The molecule has 0 aliphatic rings. The molecule has 1 amide bonds. The number of benzene rings is 1. The Kier molecular flexibility index (Phi) is 7.22. The molecular formula is C24H24ClFN4O2. The highest BCUT2D eigenvalue weighted by Gasteiger charge is 2.20. The number of halogens is 2. The summed E-state index contributed by atoms with van der Waals surface area (Å²) in [5.41, 5.74) is 1.63. The first kappa shape index (κ1) is 23.4. The van der Waals surface area contributed by atoms with E-state index in [1.165, 1.54) is 24.4 Å². The van der Waals surface area contributed by atoms with Gasteiger partial charge in [0.25, 0.3) is 5.91 Å². The molecule has 1 unspecified atom stereocenters. The normalized spacial score (nSPS) is 12.7. The summed E-state index contributed by atoms with van der Waals surface area (Å²) < 4.78 is 14.4. The van der Waals surface area contributed by atoms with Gasteiger partial charge in [-0.05, 0) is 43.7 Å². The minimum Gasteiger partial charge on any atom is -0.388 e. The number of aromatic nitrogens is 2. The zero-order valence-corrected chi connectivity index (χ0v) is 18.6. The molecular weight excluding hydrogens is 431 g/mol. The Balaban J connectivity index is 1.94. The van der Waals surface area contributed by atoms with Gasteiger partial charge < -0.3 is 15.7 Å². The number of pyridine rings is 2. The van der Waals surface area contributed by atoms with Crippen LogP contribution in [0.25, 0.3) is 17.3 Å². The maximum Gasteiger partial charge on any atom is 0.255 e. The molecule has 1 aromatic carbocycles. The van der Waals surface area contributed by atoms with Crippen LogP contribution in [-0.2, 0) is 0 Å². The number of hydrogen-bond donors (Lipinski definition) is 3. The molecule has 166 valence electrons. The minimum atomic E-state index is -1.01. The Labute approximate surface area is 191 Å². The molecule has 3 N–H and O–H groups in total. The van der Waals surface area contributed by atoms with Crippen LogP contribution in [0.3, 0.4) is 0 Å². The van der Waals surface area contributed by atoms with E-state index < -0.39 is 11.4 Å². The highest BCUT2D eigenvalue weighted by atomic mass is 35.5. The van der Waals surface area contributed by atoms with E-state index in [0.717, 1.165) is 0 Å². The van der Waals surface area contributed by atoms with Crippen molar-refractivity contribution in [3.8, 4) is 11.3 Å². The molecule has 32 heavy (non-hydrogen) atoms. The van der Waals surface area contributed by atoms with Crippen molar-refractivity contribution in [1.29, 1.82) is 0 Å². The van der Waals surface area contributed by atoms with E-state index in [1.54, 1.807) is 37.5 Å². The highest BCUT2D eigenvalue weighted by molar-refractivity contribution is 6.30. The summed E-state index contributed by atoms with van der Waals surface area (Å²) in [5, 5.41) is 16.5. The lowest BCUT2D eigenvalue weighted by Crippen LogP contribution is -2.40. The molecule has 0 spiro atoms. The molecule has 0 aliphatic heterocycles. The zero-order valence-electron chi connectivity index (χ0n) is 17.8. The van der Waals surface area contributed by atoms with Gasteiger partial charge in [0.2, 0.25) is 0 Å². The summed E-state index contributed by atoms with van der Waals surface area (Å²) >= 11 is 6.03. The van der Waals surface area contributed by atoms with Crippen LogP contribution in [0.15, 0.2) is 55.5 Å². The van der Waals surface area contributed by atoms with Crippen LogP contribution in [0, 0.1) is 5.82 Å². The number of rotatable bonds is 8. The molecule has 6 nitrogen and oxygen atoms in total. The van der Waals surface area contributed by atoms with Crippen molar-refractivity contribution >= 4 is 35.0 Å². The van der Waals surface area contributed by atoms with E-state index in [2.05, 4.69) is 27.2 Å². The van der Waals surface area contributed by atoms with Crippen molar-refractivity contribution in [3.05, 3.63) is 77.5 Å². The average Bonchev–Trinajstić information content (AvgIpc) is 2.79. The first-order valence-electron chi connectivity index (χ1n) is 10.0. The summed E-state index contributed by atoms with van der Waals surface area (Å²) in [6.45, 7) is 7.38. The van der Waals surface area contributed by atoms with Crippen LogP contribution in [-0.4, -0.2) is 33.1 Å². The summed E-state index contributed by atoms with van der Waals surface area (Å²) in [4.78, 5) is 21.1. The number of carbonyl (C=O) groups is 1. The van der Waals surface area contributed by atoms with E-state index in [0.29, 0.717) is 39.6 Å². The SMILES string of the molecule is C=Cc1cnc(-c2cc(Cl)ccc2F)cc1Nc1ccncc1C(=O)NCC(C)(O)CC. The third kappa shape index (κ3) is 5.49. The zero-order chi connectivity index (χ0) is 23.3. The Morgan fingerprint density at radius 2 is 2.06 bits per heavy atom. The number of nitrogens with zero attached hydrogens (tertiary/aromatic N) is 2. The molecule has 1 atom stereocenters. The summed E-state index contributed by atoms with van der Waals surface area (Å²) in [7, 11) is 0. The largest absolute Gasteiger partial charge is 0.388 e. The van der Waals surface area contributed by atoms with Crippen LogP contribution >= 0.6 is 11.6 Å². The fraction of sp³-hybridized carbons (Fsp3) is 0.208. The van der Waals surface area contributed by atoms with Crippen LogP contribution in [0.4, 0.5) is 15.8 Å². The van der Waals surface area contributed by atoms with Gasteiger partial charge in [0.05, 0.1) is 22.5 Å². The van der Waals surface area contributed by atoms with E-state index in [-0.39, 0.29) is 18.0 Å². The van der Waals surface area contributed by atoms with E-state index in [1.807, 2.05) is 6.92 Å². The first-order valence-corrected chi connectivity index (χ1v) is 10.4. The summed E-state index contributed by atoms with van der Waals surface area (Å²) in [5.74, 6) is -0.837. The lowest BCUT2D eigenvalue weighted by Gasteiger charge is -2.22. The molecule has 0 saturated heterocycles. The van der Waals surface area contributed by atoms with Gasteiger partial charge >= 0.3 is 0 Å². The van der Waals surface area contributed by atoms with E-state index >= 15 is 0 Å². The molecule has 0 bridgehead atoms. The number of hydrogen-bond acceptors (Lipinski definition) is 5. The Morgan fingerprint density at radius 1 is 1.28 bits per heavy atom. The van der Waals surface area contributed by atoms with Gasteiger partial charge in [0.1, 0.15) is 5.82 Å². The summed E-state index contributed by atoms with van der Waals surface area (Å²) in [6, 6.07) is 7.57. The number of anilines is 2. The van der Waals surface area contributed by atoms with Crippen molar-refractivity contribution in [2.45, 2.75) is 25.9 Å². The second-order valence-corrected chi connectivity index (χ2v) is 8.00. The van der Waals surface area contributed by atoms with Gasteiger partial charge in [0.15, 0.2) is 0 Å². The van der Waals surface area contributed by atoms with Crippen molar-refractivity contribution in [2.75, 3.05) is 11.9 Å². The first-order chi connectivity index (χ1) is 15.2. The molecule has 8 heteroatoms. The third-order valence-corrected chi connectivity index (χ3v) is 5.32. The van der Waals surface area contributed by atoms with Crippen LogP contribution in [0.1, 0.15) is 36.2 Å². The van der Waals surface area contributed by atoms with Crippen LogP contribution in [0.2, 0.25) is 5.02 Å². The standard InChI is InChI=1S/C24H24ClFN4O2/c1-4-15-12-28-22(17-10-16(25)6-7-19(17)26)11-21(15)30-20-8-9-27-13-18(20)23(31)29-14-24(3,32)5-2/h4,6-13,32H,1,5,14H2,2-3H3,(H,29,31)(H,27,28,30). The average molecular weight is 455 g/mol. The van der Waals surface area contributed by atoms with Gasteiger partial charge in [-0.25, -0.2) is 4.39 Å². The topological polar surface area (TPSA) is 87.1 Å². The maximum absolute atomic E-state index is 14.4. The van der Waals surface area contributed by atoms with Crippen LogP contribution < -0.4 is 10.6 Å². The maximum atomic E-state index is 14.4. The quantitative estimate of drug-likeness (QED) is 0.434. The van der Waals surface area contributed by atoms with Crippen LogP contribution in [0.5, 0.6) is 0 Å². The molecule has 2 heterocycles.